The maximum atomic E-state index is 13.7. The second-order valence-corrected chi connectivity index (χ2v) is 11.1. The first-order chi connectivity index (χ1) is 16.8. The van der Waals surface area contributed by atoms with Crippen molar-refractivity contribution < 1.29 is 22.3 Å². The summed E-state index contributed by atoms with van der Waals surface area (Å²) in [6, 6.07) is 17.2. The zero-order valence-corrected chi connectivity index (χ0v) is 21.7. The number of fused-ring (bicyclic) bond motifs is 2. The zero-order valence-electron chi connectivity index (χ0n) is 19.3. The molecule has 10 heteroatoms. The van der Waals surface area contributed by atoms with Gasteiger partial charge in [0.1, 0.15) is 16.5 Å². The van der Waals surface area contributed by atoms with Gasteiger partial charge in [-0.15, -0.1) is 12.4 Å². The van der Waals surface area contributed by atoms with Gasteiger partial charge in [0.25, 0.3) is 10.0 Å². The number of carbonyl (C=O) groups is 1. The summed E-state index contributed by atoms with van der Waals surface area (Å²) in [7, 11) is -3.87. The molecule has 3 aromatic rings. The Bertz CT molecular complexity index is 1360. The highest BCUT2D eigenvalue weighted by Gasteiger charge is 2.36. The Labute approximate surface area is 221 Å². The number of sulfonamides is 1. The smallest absolute Gasteiger partial charge is 0.268 e. The molecule has 0 amide bonds. The first-order valence-corrected chi connectivity index (χ1v) is 13.2. The topological polar surface area (TPSA) is 66.9 Å². The second-order valence-electron chi connectivity index (χ2n) is 8.85. The summed E-state index contributed by atoms with van der Waals surface area (Å²) in [6.07, 6.45) is 1.47. The maximum Gasteiger partial charge on any atom is 0.268 e. The molecule has 0 atom stereocenters. The number of likely N-dealkylation sites (tertiary alicyclic amines) is 1. The van der Waals surface area contributed by atoms with Crippen molar-refractivity contribution in [2.75, 3.05) is 30.5 Å². The number of hydrogen-bond donors (Lipinski definition) is 0. The molecule has 0 N–H and O–H groups in total. The number of piperidine rings is 1. The molecule has 6 nitrogen and oxygen atoms in total. The van der Waals surface area contributed by atoms with Gasteiger partial charge in [-0.25, -0.2) is 12.8 Å². The lowest BCUT2D eigenvalue weighted by Crippen LogP contribution is -2.42. The zero-order chi connectivity index (χ0) is 24.6. The first-order valence-electron chi connectivity index (χ1n) is 11.4. The van der Waals surface area contributed by atoms with Crippen LogP contribution in [0, 0.1) is 11.7 Å². The Hall–Kier alpha value is -2.65. The van der Waals surface area contributed by atoms with Crippen LogP contribution in [0.4, 0.5) is 10.1 Å². The molecular weight excluding hydrogens is 526 g/mol. The van der Waals surface area contributed by atoms with Crippen molar-refractivity contribution in [3.63, 3.8) is 0 Å². The molecule has 190 valence electrons. The van der Waals surface area contributed by atoms with Gasteiger partial charge in [0.2, 0.25) is 0 Å². The van der Waals surface area contributed by atoms with Gasteiger partial charge in [0.15, 0.2) is 11.5 Å². The molecule has 0 spiro atoms. The van der Waals surface area contributed by atoms with Crippen molar-refractivity contribution in [3.05, 3.63) is 83.1 Å². The lowest BCUT2D eigenvalue weighted by Gasteiger charge is -2.34. The van der Waals surface area contributed by atoms with Crippen molar-refractivity contribution in [2.45, 2.75) is 17.7 Å². The number of ether oxygens (including phenoxy) is 1. The molecule has 1 saturated heterocycles. The van der Waals surface area contributed by atoms with Gasteiger partial charge in [-0.1, -0.05) is 23.7 Å². The SMILES string of the molecule is Cl.O=C(CN1CCC(CN2c3cc(Cl)ccc3Oc3ccccc3S2(=O)=O)CC1)c1ccc(F)cc1. The van der Waals surface area contributed by atoms with E-state index in [1.165, 1.54) is 28.6 Å². The standard InChI is InChI=1S/C26H24ClFN2O4S.ClH/c27-20-7-10-24-22(15-20)30(35(32,33)26-4-2-1-3-25(26)34-24)16-18-11-13-29(14-12-18)17-23(31)19-5-8-21(28)9-6-19;/h1-10,15,18H,11-14,16-17H2;1H. The van der Waals surface area contributed by atoms with E-state index in [0.717, 1.165) is 12.8 Å². The monoisotopic (exact) mass is 550 g/mol. The van der Waals surface area contributed by atoms with Crippen molar-refractivity contribution in [2.24, 2.45) is 5.92 Å². The first kappa shape index (κ1) is 26.4. The number of anilines is 1. The lowest BCUT2D eigenvalue weighted by molar-refractivity contribution is 0.0898. The fourth-order valence-electron chi connectivity index (χ4n) is 4.57. The van der Waals surface area contributed by atoms with Gasteiger partial charge >= 0.3 is 0 Å². The van der Waals surface area contributed by atoms with Crippen molar-refractivity contribution in [1.29, 1.82) is 0 Å². The Morgan fingerprint density at radius 1 is 1.00 bits per heavy atom. The normalized spacial score (nSPS) is 17.2. The average molecular weight is 551 g/mol. The van der Waals surface area contributed by atoms with Gasteiger partial charge in [-0.2, -0.15) is 0 Å². The highest BCUT2D eigenvalue weighted by molar-refractivity contribution is 7.93. The van der Waals surface area contributed by atoms with Crippen molar-refractivity contribution in [1.82, 2.24) is 4.90 Å². The molecule has 0 aromatic heterocycles. The molecule has 0 unspecified atom stereocenters. The van der Waals surface area contributed by atoms with E-state index < -0.39 is 10.0 Å². The number of para-hydroxylation sites is 1. The average Bonchev–Trinajstić information content (AvgIpc) is 2.93. The molecular formula is C26H25Cl2FN2O4S. The number of carbonyl (C=O) groups excluding carboxylic acids is 1. The fourth-order valence-corrected chi connectivity index (χ4v) is 6.40. The number of Topliss-reactive ketones (excluding diaryl/α,β-unsaturated/α-hetero) is 1. The minimum Gasteiger partial charge on any atom is -0.454 e. The molecule has 0 saturated carbocycles. The van der Waals surface area contributed by atoms with E-state index in [9.17, 15) is 17.6 Å². The van der Waals surface area contributed by atoms with E-state index in [1.54, 1.807) is 42.5 Å². The molecule has 0 radical (unpaired) electrons. The number of rotatable bonds is 5. The minimum absolute atomic E-state index is 0. The van der Waals surface area contributed by atoms with Crippen LogP contribution in [0.2, 0.25) is 5.02 Å². The van der Waals surface area contributed by atoms with Crippen LogP contribution in [0.25, 0.3) is 0 Å². The molecule has 0 bridgehead atoms. The summed E-state index contributed by atoms with van der Waals surface area (Å²) in [5, 5.41) is 0.424. The van der Waals surface area contributed by atoms with E-state index in [-0.39, 0.29) is 53.7 Å². The largest absolute Gasteiger partial charge is 0.454 e. The molecule has 2 aliphatic heterocycles. The van der Waals surface area contributed by atoms with E-state index >= 15 is 0 Å². The third-order valence-electron chi connectivity index (χ3n) is 6.49. The molecule has 1 fully saturated rings. The quantitative estimate of drug-likeness (QED) is 0.376. The summed E-state index contributed by atoms with van der Waals surface area (Å²) >= 11 is 6.23. The summed E-state index contributed by atoms with van der Waals surface area (Å²) < 4.78 is 47.9. The molecule has 2 heterocycles. The summed E-state index contributed by atoms with van der Waals surface area (Å²) in [5.41, 5.74) is 0.902. The predicted molar refractivity (Wildman–Crippen MR) is 140 cm³/mol. The Morgan fingerprint density at radius 3 is 2.42 bits per heavy atom. The predicted octanol–water partition coefficient (Wildman–Crippen LogP) is 5.80. The van der Waals surface area contributed by atoms with Crippen LogP contribution in [0.1, 0.15) is 23.2 Å². The molecule has 2 aliphatic rings. The van der Waals surface area contributed by atoms with E-state index in [4.69, 9.17) is 16.3 Å². The Morgan fingerprint density at radius 2 is 1.69 bits per heavy atom. The highest BCUT2D eigenvalue weighted by atomic mass is 35.5. The Kier molecular flexibility index (Phi) is 7.90. The van der Waals surface area contributed by atoms with Crippen LogP contribution < -0.4 is 9.04 Å². The summed E-state index contributed by atoms with van der Waals surface area (Å²) in [4.78, 5) is 14.7. The number of halogens is 3. The third-order valence-corrected chi connectivity index (χ3v) is 8.55. The highest BCUT2D eigenvalue weighted by Crippen LogP contribution is 2.44. The number of hydrogen-bond acceptors (Lipinski definition) is 5. The van der Waals surface area contributed by atoms with Gasteiger partial charge in [-0.3, -0.25) is 14.0 Å². The van der Waals surface area contributed by atoms with Crippen LogP contribution in [-0.2, 0) is 10.0 Å². The van der Waals surface area contributed by atoms with Crippen LogP contribution in [0.5, 0.6) is 11.5 Å². The van der Waals surface area contributed by atoms with Crippen LogP contribution in [-0.4, -0.2) is 45.3 Å². The summed E-state index contributed by atoms with van der Waals surface area (Å²) in [6.45, 7) is 1.87. The number of nitrogens with zero attached hydrogens (tertiary/aromatic N) is 2. The van der Waals surface area contributed by atoms with Crippen molar-refractivity contribution in [3.8, 4) is 11.5 Å². The van der Waals surface area contributed by atoms with E-state index in [2.05, 4.69) is 4.90 Å². The lowest BCUT2D eigenvalue weighted by atomic mass is 9.96. The molecule has 3 aromatic carbocycles. The number of benzene rings is 3. The van der Waals surface area contributed by atoms with Gasteiger partial charge < -0.3 is 4.74 Å². The van der Waals surface area contributed by atoms with Crippen LogP contribution in [0.15, 0.2) is 71.6 Å². The van der Waals surface area contributed by atoms with E-state index in [0.29, 0.717) is 35.1 Å². The maximum absolute atomic E-state index is 13.7. The Balaban J connectivity index is 0.00000304. The van der Waals surface area contributed by atoms with Gasteiger partial charge in [0.05, 0.1) is 12.2 Å². The molecule has 36 heavy (non-hydrogen) atoms. The number of ketones is 1. The molecule has 0 aliphatic carbocycles. The van der Waals surface area contributed by atoms with Gasteiger partial charge in [0, 0.05) is 17.1 Å². The molecule has 5 rings (SSSR count). The van der Waals surface area contributed by atoms with E-state index in [1.807, 2.05) is 0 Å². The van der Waals surface area contributed by atoms with Crippen LogP contribution >= 0.6 is 24.0 Å². The van der Waals surface area contributed by atoms with Gasteiger partial charge in [-0.05, 0) is 86.4 Å². The third kappa shape index (κ3) is 5.37. The van der Waals surface area contributed by atoms with Crippen LogP contribution in [0.3, 0.4) is 0 Å². The minimum atomic E-state index is -3.87. The second kappa shape index (κ2) is 10.8. The summed E-state index contributed by atoms with van der Waals surface area (Å²) in [5.74, 6) is 0.384. The fraction of sp³-hybridized carbons (Fsp3) is 0.269. The van der Waals surface area contributed by atoms with Crippen molar-refractivity contribution >= 4 is 45.5 Å².